The summed E-state index contributed by atoms with van der Waals surface area (Å²) in [5.41, 5.74) is 2.91. The van der Waals surface area contributed by atoms with Gasteiger partial charge in [-0.05, 0) is 55.7 Å². The number of nitrogens with zero attached hydrogens (tertiary/aromatic N) is 5. The van der Waals surface area contributed by atoms with Gasteiger partial charge in [-0.3, -0.25) is 5.32 Å². The second-order valence-corrected chi connectivity index (χ2v) is 8.68. The highest BCUT2D eigenvalue weighted by atomic mass is 16.5. The van der Waals surface area contributed by atoms with E-state index < -0.39 is 0 Å². The lowest BCUT2D eigenvalue weighted by Crippen LogP contribution is -2.47. The van der Waals surface area contributed by atoms with Crippen LogP contribution in [0.2, 0.25) is 0 Å². The van der Waals surface area contributed by atoms with Crippen molar-refractivity contribution in [2.45, 2.75) is 38.0 Å². The smallest absolute Gasteiger partial charge is 0.229 e. The first-order chi connectivity index (χ1) is 17.3. The third-order valence-electron chi connectivity index (χ3n) is 6.10. The molecular weight excluding hydrogens is 446 g/mol. The summed E-state index contributed by atoms with van der Waals surface area (Å²) >= 11 is 0. The molecule has 0 radical (unpaired) electrons. The molecule has 2 N–H and O–H groups in total. The highest BCUT2D eigenvalue weighted by Gasteiger charge is 2.28. The van der Waals surface area contributed by atoms with E-state index in [1.54, 1.807) is 10.9 Å². The van der Waals surface area contributed by atoms with Gasteiger partial charge in [0.15, 0.2) is 11.2 Å². The first-order valence-electron chi connectivity index (χ1n) is 12.0. The molecule has 6 heterocycles. The van der Waals surface area contributed by atoms with E-state index in [1.807, 2.05) is 48.5 Å². The van der Waals surface area contributed by atoms with Crippen LogP contribution in [-0.2, 0) is 4.74 Å². The summed E-state index contributed by atoms with van der Waals surface area (Å²) in [6.07, 6.45) is 6.00. The van der Waals surface area contributed by atoms with Gasteiger partial charge < -0.3 is 19.5 Å². The Bertz CT molecular complexity index is 1290. The number of aromatic nitrogens is 5. The van der Waals surface area contributed by atoms with Crippen molar-refractivity contribution in [1.82, 2.24) is 30.3 Å². The molecule has 180 valence electrons. The topological polar surface area (TPSA) is 108 Å². The van der Waals surface area contributed by atoms with Crippen LogP contribution >= 0.6 is 0 Å². The predicted octanol–water partition coefficient (Wildman–Crippen LogP) is 3.60. The first kappa shape index (κ1) is 21.8. The Balaban J connectivity index is 1.24. The van der Waals surface area contributed by atoms with Gasteiger partial charge in [-0.2, -0.15) is 9.67 Å². The highest BCUT2D eigenvalue weighted by Crippen LogP contribution is 2.24. The summed E-state index contributed by atoms with van der Waals surface area (Å²) in [7, 11) is 0. The molecule has 10 nitrogen and oxygen atoms in total. The van der Waals surface area contributed by atoms with Gasteiger partial charge in [0.1, 0.15) is 17.7 Å². The summed E-state index contributed by atoms with van der Waals surface area (Å²) in [5, 5.41) is 15.2. The standard InChI is InChI=1S/C25H27N7O3/c1-4-17-14-20(5-1)34-13-3-11-26-23-15-21(35-23)6-2-12-33-19-9-7-18(8-10-19)32-24-22(30-31-32)16-27-25(28-17)29-24/h1,4-5,7-10,14,16,21,23,26H,2-3,6,11-13,15H2,(H,27,28,29). The molecule has 2 aromatic carbocycles. The van der Waals surface area contributed by atoms with Crippen molar-refractivity contribution in [3.8, 4) is 17.2 Å². The van der Waals surface area contributed by atoms with Crippen molar-refractivity contribution in [2.24, 2.45) is 0 Å². The minimum Gasteiger partial charge on any atom is -0.494 e. The van der Waals surface area contributed by atoms with Gasteiger partial charge in [0.2, 0.25) is 5.95 Å². The number of anilines is 2. The van der Waals surface area contributed by atoms with Gasteiger partial charge in [-0.15, -0.1) is 5.10 Å². The summed E-state index contributed by atoms with van der Waals surface area (Å²) in [6, 6.07) is 15.5. The molecule has 4 aliphatic rings. The quantitative estimate of drug-likeness (QED) is 0.396. The van der Waals surface area contributed by atoms with Crippen LogP contribution in [-0.4, -0.2) is 57.1 Å². The molecule has 0 saturated carbocycles. The van der Waals surface area contributed by atoms with Gasteiger partial charge in [-0.25, -0.2) is 4.98 Å². The number of benzene rings is 2. The third-order valence-corrected chi connectivity index (χ3v) is 6.10. The predicted molar refractivity (Wildman–Crippen MR) is 130 cm³/mol. The molecule has 1 saturated heterocycles. The Morgan fingerprint density at radius 3 is 2.74 bits per heavy atom. The average Bonchev–Trinajstić information content (AvgIpc) is 3.27. The van der Waals surface area contributed by atoms with Gasteiger partial charge in [0.25, 0.3) is 0 Å². The van der Waals surface area contributed by atoms with Crippen LogP contribution in [0.25, 0.3) is 16.9 Å². The van der Waals surface area contributed by atoms with Gasteiger partial charge in [-0.1, -0.05) is 11.3 Å². The summed E-state index contributed by atoms with van der Waals surface area (Å²) < 4.78 is 19.5. The molecule has 2 unspecified atom stereocenters. The van der Waals surface area contributed by atoms with E-state index in [0.717, 1.165) is 55.1 Å². The zero-order chi connectivity index (χ0) is 23.5. The van der Waals surface area contributed by atoms with E-state index in [2.05, 4.69) is 30.9 Å². The number of hydrogen-bond donors (Lipinski definition) is 2. The molecule has 8 rings (SSSR count). The Labute approximate surface area is 202 Å². The fourth-order valence-corrected chi connectivity index (χ4v) is 4.24. The molecule has 4 aliphatic heterocycles. The van der Waals surface area contributed by atoms with Crippen LogP contribution in [0.4, 0.5) is 11.6 Å². The van der Waals surface area contributed by atoms with Crippen molar-refractivity contribution >= 4 is 22.8 Å². The number of nitrogens with one attached hydrogen (secondary N) is 2. The monoisotopic (exact) mass is 473 g/mol. The van der Waals surface area contributed by atoms with Crippen molar-refractivity contribution in [3.63, 3.8) is 0 Å². The lowest BCUT2D eigenvalue weighted by molar-refractivity contribution is -0.143. The molecule has 4 aromatic rings. The maximum absolute atomic E-state index is 5.93. The summed E-state index contributed by atoms with van der Waals surface area (Å²) in [6.45, 7) is 2.13. The van der Waals surface area contributed by atoms with Crippen LogP contribution < -0.4 is 20.1 Å². The zero-order valence-corrected chi connectivity index (χ0v) is 19.3. The second-order valence-electron chi connectivity index (χ2n) is 8.68. The van der Waals surface area contributed by atoms with Crippen molar-refractivity contribution in [3.05, 3.63) is 54.7 Å². The largest absolute Gasteiger partial charge is 0.494 e. The fourth-order valence-electron chi connectivity index (χ4n) is 4.24. The van der Waals surface area contributed by atoms with E-state index in [0.29, 0.717) is 36.4 Å². The van der Waals surface area contributed by atoms with Crippen LogP contribution in [0.5, 0.6) is 11.5 Å². The zero-order valence-electron chi connectivity index (χ0n) is 19.3. The maximum Gasteiger partial charge on any atom is 0.229 e. The van der Waals surface area contributed by atoms with E-state index in [1.165, 1.54) is 0 Å². The normalized spacial score (nSPS) is 20.8. The number of ether oxygens (including phenoxy) is 3. The van der Waals surface area contributed by atoms with E-state index in [-0.39, 0.29) is 6.23 Å². The second kappa shape index (κ2) is 9.85. The van der Waals surface area contributed by atoms with Crippen LogP contribution in [0, 0.1) is 0 Å². The Morgan fingerprint density at radius 1 is 0.971 bits per heavy atom. The lowest BCUT2D eigenvalue weighted by Gasteiger charge is -2.36. The van der Waals surface area contributed by atoms with Crippen molar-refractivity contribution in [2.75, 3.05) is 25.1 Å². The molecule has 1 fully saturated rings. The molecule has 2 aromatic heterocycles. The Morgan fingerprint density at radius 2 is 1.83 bits per heavy atom. The van der Waals surface area contributed by atoms with Crippen LogP contribution in [0.3, 0.4) is 0 Å². The molecule has 8 bridgehead atoms. The third kappa shape index (κ3) is 5.03. The van der Waals surface area contributed by atoms with Gasteiger partial charge >= 0.3 is 0 Å². The SMILES string of the molecule is c1cc2cc(c1)OCCCNC1CC(CCCOc3ccc(cc3)-n3nnc4cnc(nc43)N2)O1. The average molecular weight is 474 g/mol. The van der Waals surface area contributed by atoms with E-state index >= 15 is 0 Å². The lowest BCUT2D eigenvalue weighted by atomic mass is 10.1. The van der Waals surface area contributed by atoms with Crippen molar-refractivity contribution < 1.29 is 14.2 Å². The van der Waals surface area contributed by atoms with Gasteiger partial charge in [0, 0.05) is 24.7 Å². The minimum atomic E-state index is 0.144. The maximum atomic E-state index is 5.93. The molecule has 0 aliphatic carbocycles. The Hall–Kier alpha value is -3.76. The number of fused-ring (bicyclic) bond motifs is 1. The molecule has 10 heteroatoms. The first-order valence-corrected chi connectivity index (χ1v) is 12.0. The summed E-state index contributed by atoms with van der Waals surface area (Å²) in [4.78, 5) is 9.04. The fraction of sp³-hybridized carbons (Fsp3) is 0.360. The van der Waals surface area contributed by atoms with E-state index in [9.17, 15) is 0 Å². The molecular formula is C25H27N7O3. The number of rotatable bonds is 0. The van der Waals surface area contributed by atoms with Crippen LogP contribution in [0.1, 0.15) is 25.7 Å². The highest BCUT2D eigenvalue weighted by molar-refractivity contribution is 5.73. The Kier molecular flexibility index (Phi) is 6.12. The van der Waals surface area contributed by atoms with Gasteiger partial charge in [0.05, 0.1) is 31.2 Å². The molecule has 0 amide bonds. The minimum absolute atomic E-state index is 0.144. The molecule has 35 heavy (non-hydrogen) atoms. The van der Waals surface area contributed by atoms with Crippen molar-refractivity contribution in [1.29, 1.82) is 0 Å². The number of hydrogen-bond acceptors (Lipinski definition) is 9. The molecule has 2 atom stereocenters. The summed E-state index contributed by atoms with van der Waals surface area (Å²) in [5.74, 6) is 2.07. The van der Waals surface area contributed by atoms with Crippen LogP contribution in [0.15, 0.2) is 54.7 Å². The molecule has 0 spiro atoms. The van der Waals surface area contributed by atoms with E-state index in [4.69, 9.17) is 14.2 Å².